The molecule has 1 fully saturated rings. The number of anilines is 2. The number of rotatable bonds is 4. The van der Waals surface area contributed by atoms with Crippen LogP contribution >= 0.6 is 11.5 Å². The molecule has 0 bridgehead atoms. The van der Waals surface area contributed by atoms with Crippen LogP contribution in [0.2, 0.25) is 0 Å². The number of hydrogen-bond acceptors (Lipinski definition) is 8. The molecule has 3 heterocycles. The van der Waals surface area contributed by atoms with Gasteiger partial charge in [0.25, 0.3) is 0 Å². The van der Waals surface area contributed by atoms with Crippen LogP contribution in [0, 0.1) is 0 Å². The van der Waals surface area contributed by atoms with Gasteiger partial charge < -0.3 is 14.5 Å². The molecule has 1 aliphatic rings. The molecule has 3 rings (SSSR count). The zero-order valence-corrected chi connectivity index (χ0v) is 13.9. The van der Waals surface area contributed by atoms with Gasteiger partial charge in [0.1, 0.15) is 5.60 Å². The van der Waals surface area contributed by atoms with E-state index in [1.165, 1.54) is 11.5 Å². The molecule has 0 aromatic carbocycles. The van der Waals surface area contributed by atoms with Crippen molar-refractivity contribution in [1.29, 1.82) is 0 Å². The topological polar surface area (TPSA) is 67.3 Å². The summed E-state index contributed by atoms with van der Waals surface area (Å²) >= 11 is 1.44. The maximum Gasteiger partial charge on any atom is 0.205 e. The van der Waals surface area contributed by atoms with Crippen molar-refractivity contribution >= 4 is 22.4 Å². The van der Waals surface area contributed by atoms with Gasteiger partial charge in [0.05, 0.1) is 18.1 Å². The summed E-state index contributed by atoms with van der Waals surface area (Å²) in [6, 6.07) is 1.99. The molecule has 0 atom stereocenters. The van der Waals surface area contributed by atoms with Crippen molar-refractivity contribution in [2.24, 2.45) is 0 Å². The molecule has 0 amide bonds. The Bertz CT molecular complexity index is 609. The van der Waals surface area contributed by atoms with Gasteiger partial charge in [-0.25, -0.2) is 4.98 Å². The van der Waals surface area contributed by atoms with Gasteiger partial charge in [0.2, 0.25) is 5.13 Å². The first kappa shape index (κ1) is 15.1. The van der Waals surface area contributed by atoms with Gasteiger partial charge in [-0.2, -0.15) is 14.6 Å². The number of piperazine rings is 1. The smallest absolute Gasteiger partial charge is 0.205 e. The molecule has 0 unspecified atom stereocenters. The Morgan fingerprint density at radius 1 is 1.14 bits per heavy atom. The van der Waals surface area contributed by atoms with Crippen molar-refractivity contribution in [3.63, 3.8) is 0 Å². The lowest BCUT2D eigenvalue weighted by atomic mass is 10.1. The van der Waals surface area contributed by atoms with Crippen molar-refractivity contribution in [3.05, 3.63) is 24.3 Å². The van der Waals surface area contributed by atoms with E-state index in [0.717, 1.165) is 42.8 Å². The van der Waals surface area contributed by atoms with Crippen molar-refractivity contribution in [2.75, 3.05) is 43.1 Å². The van der Waals surface area contributed by atoms with Crippen LogP contribution in [0.25, 0.3) is 0 Å². The zero-order valence-electron chi connectivity index (χ0n) is 13.1. The van der Waals surface area contributed by atoms with Crippen molar-refractivity contribution in [1.82, 2.24) is 19.6 Å². The molecular formula is C14H20N6OS. The van der Waals surface area contributed by atoms with E-state index >= 15 is 0 Å². The Kier molecular flexibility index (Phi) is 4.21. The van der Waals surface area contributed by atoms with Crippen LogP contribution in [0.3, 0.4) is 0 Å². The number of ether oxygens (including phenoxy) is 1. The normalized spacial score (nSPS) is 16.1. The first-order valence-electron chi connectivity index (χ1n) is 7.26. The second-order valence-corrected chi connectivity index (χ2v) is 6.42. The minimum Gasteiger partial charge on any atom is -0.371 e. The van der Waals surface area contributed by atoms with Crippen molar-refractivity contribution in [2.45, 2.75) is 19.4 Å². The number of hydrogen-bond donors (Lipinski definition) is 0. The van der Waals surface area contributed by atoms with Crippen LogP contribution in [-0.4, -0.2) is 52.8 Å². The van der Waals surface area contributed by atoms with E-state index in [0.29, 0.717) is 0 Å². The number of aromatic nitrogens is 4. The van der Waals surface area contributed by atoms with E-state index in [1.807, 2.05) is 19.9 Å². The summed E-state index contributed by atoms with van der Waals surface area (Å²) in [5, 5.41) is 8.72. The van der Waals surface area contributed by atoms with Gasteiger partial charge in [-0.3, -0.25) is 0 Å². The van der Waals surface area contributed by atoms with Crippen LogP contribution in [-0.2, 0) is 10.3 Å². The third-order valence-electron chi connectivity index (χ3n) is 3.95. The van der Waals surface area contributed by atoms with Gasteiger partial charge in [0.15, 0.2) is 5.82 Å². The minimum absolute atomic E-state index is 0.445. The summed E-state index contributed by atoms with van der Waals surface area (Å²) in [5.41, 5.74) is 0.673. The SMILES string of the molecule is COC(C)(C)c1nsc(N2CCN(c3ccnnc3)CC2)n1. The van der Waals surface area contributed by atoms with Crippen molar-refractivity contribution < 1.29 is 4.74 Å². The number of nitrogens with zero attached hydrogens (tertiary/aromatic N) is 6. The summed E-state index contributed by atoms with van der Waals surface area (Å²) in [7, 11) is 1.68. The van der Waals surface area contributed by atoms with E-state index in [-0.39, 0.29) is 0 Å². The third kappa shape index (κ3) is 3.02. The van der Waals surface area contributed by atoms with E-state index in [4.69, 9.17) is 4.74 Å². The monoisotopic (exact) mass is 320 g/mol. The summed E-state index contributed by atoms with van der Waals surface area (Å²) in [4.78, 5) is 9.23. The molecule has 2 aromatic rings. The van der Waals surface area contributed by atoms with Crippen LogP contribution in [0.4, 0.5) is 10.8 Å². The molecule has 7 nitrogen and oxygen atoms in total. The minimum atomic E-state index is -0.445. The highest BCUT2D eigenvalue weighted by Crippen LogP contribution is 2.27. The van der Waals surface area contributed by atoms with Crippen LogP contribution in [0.15, 0.2) is 18.5 Å². The van der Waals surface area contributed by atoms with Crippen LogP contribution in [0.1, 0.15) is 19.7 Å². The quantitative estimate of drug-likeness (QED) is 0.846. The Morgan fingerprint density at radius 2 is 1.86 bits per heavy atom. The molecule has 1 saturated heterocycles. The average Bonchev–Trinajstić information content (AvgIpc) is 3.07. The van der Waals surface area contributed by atoms with Crippen LogP contribution in [0.5, 0.6) is 0 Å². The van der Waals surface area contributed by atoms with Crippen LogP contribution < -0.4 is 9.80 Å². The Hall–Kier alpha value is -1.80. The van der Waals surface area contributed by atoms with E-state index in [1.54, 1.807) is 19.5 Å². The summed E-state index contributed by atoms with van der Waals surface area (Å²) in [5.74, 6) is 0.746. The van der Waals surface area contributed by atoms with Gasteiger partial charge in [0, 0.05) is 44.8 Å². The molecule has 8 heteroatoms. The first-order valence-corrected chi connectivity index (χ1v) is 8.03. The molecule has 0 radical (unpaired) electrons. The zero-order chi connectivity index (χ0) is 15.6. The molecule has 0 aliphatic carbocycles. The lowest BCUT2D eigenvalue weighted by Crippen LogP contribution is -2.46. The summed E-state index contributed by atoms with van der Waals surface area (Å²) in [6.45, 7) is 7.68. The average molecular weight is 320 g/mol. The highest BCUT2D eigenvalue weighted by Gasteiger charge is 2.27. The Balaban J connectivity index is 1.65. The Morgan fingerprint density at radius 3 is 2.50 bits per heavy atom. The fraction of sp³-hybridized carbons (Fsp3) is 0.571. The third-order valence-corrected chi connectivity index (χ3v) is 4.73. The largest absolute Gasteiger partial charge is 0.371 e. The second kappa shape index (κ2) is 6.13. The van der Waals surface area contributed by atoms with Gasteiger partial charge in [-0.1, -0.05) is 0 Å². The summed E-state index contributed by atoms with van der Waals surface area (Å²) in [6.07, 6.45) is 3.53. The Labute approximate surface area is 134 Å². The molecule has 22 heavy (non-hydrogen) atoms. The molecule has 2 aromatic heterocycles. The van der Waals surface area contributed by atoms with E-state index < -0.39 is 5.60 Å². The first-order chi connectivity index (χ1) is 10.6. The molecule has 0 saturated carbocycles. The maximum atomic E-state index is 5.44. The van der Waals surface area contributed by atoms with Crippen molar-refractivity contribution in [3.8, 4) is 0 Å². The van der Waals surface area contributed by atoms with Gasteiger partial charge in [-0.05, 0) is 19.9 Å². The maximum absolute atomic E-state index is 5.44. The van der Waals surface area contributed by atoms with E-state index in [9.17, 15) is 0 Å². The molecule has 118 valence electrons. The number of methoxy groups -OCH3 is 1. The lowest BCUT2D eigenvalue weighted by molar-refractivity contribution is 0.0125. The molecule has 1 aliphatic heterocycles. The fourth-order valence-electron chi connectivity index (χ4n) is 2.31. The van der Waals surface area contributed by atoms with Gasteiger partial charge >= 0.3 is 0 Å². The second-order valence-electron chi connectivity index (χ2n) is 5.69. The molecular weight excluding hydrogens is 300 g/mol. The molecule has 0 spiro atoms. The lowest BCUT2D eigenvalue weighted by Gasteiger charge is -2.35. The summed E-state index contributed by atoms with van der Waals surface area (Å²) < 4.78 is 9.88. The van der Waals surface area contributed by atoms with E-state index in [2.05, 4.69) is 29.4 Å². The predicted octanol–water partition coefficient (Wildman–Crippen LogP) is 1.54. The highest BCUT2D eigenvalue weighted by atomic mass is 32.1. The fourth-order valence-corrected chi connectivity index (χ4v) is 3.16. The van der Waals surface area contributed by atoms with Gasteiger partial charge in [-0.15, -0.1) is 0 Å². The standard InChI is InChI=1S/C14H20N6OS/c1-14(2,21-3)12-17-13(22-18-12)20-8-6-19(7-9-20)11-4-5-15-16-10-11/h4-5,10H,6-9H2,1-3H3. The molecule has 0 N–H and O–H groups in total. The predicted molar refractivity (Wildman–Crippen MR) is 86.4 cm³/mol. The highest BCUT2D eigenvalue weighted by molar-refractivity contribution is 7.09.